The number of anilines is 3. The summed E-state index contributed by atoms with van der Waals surface area (Å²) in [5, 5.41) is 2.63. The monoisotopic (exact) mass is 825 g/mol. The zero-order chi connectivity index (χ0) is 42.2. The molecule has 8 aromatic carbocycles. The predicted octanol–water partition coefficient (Wildman–Crippen LogP) is 16.3. The minimum Gasteiger partial charge on any atom is -0.310 e. The first-order chi connectivity index (χ1) is 30.7. The summed E-state index contributed by atoms with van der Waals surface area (Å²) in [5.74, 6) is 0.589. The van der Waals surface area contributed by atoms with Gasteiger partial charge in [0.15, 0.2) is 0 Å². The maximum atomic E-state index is 2.55. The van der Waals surface area contributed by atoms with Crippen LogP contribution in [-0.2, 0) is 16.2 Å². The molecule has 0 bridgehead atoms. The average Bonchev–Trinajstić information content (AvgIpc) is 3.92. The topological polar surface area (TPSA) is 3.24 Å². The van der Waals surface area contributed by atoms with E-state index in [0.717, 1.165) is 11.4 Å². The van der Waals surface area contributed by atoms with Gasteiger partial charge in [-0.2, -0.15) is 0 Å². The Labute approximate surface area is 374 Å². The lowest BCUT2D eigenvalue weighted by molar-refractivity contribution is 0.420. The van der Waals surface area contributed by atoms with E-state index < -0.39 is 0 Å². The third kappa shape index (κ3) is 4.99. The highest BCUT2D eigenvalue weighted by atomic mass is 32.1. The average molecular weight is 826 g/mol. The van der Waals surface area contributed by atoms with E-state index >= 15 is 0 Å². The second kappa shape index (κ2) is 13.1. The molecule has 2 unspecified atom stereocenters. The molecule has 0 saturated heterocycles. The van der Waals surface area contributed by atoms with E-state index in [1.165, 1.54) is 92.6 Å². The molecule has 63 heavy (non-hydrogen) atoms. The summed E-state index contributed by atoms with van der Waals surface area (Å²) >= 11 is 1.88. The minimum absolute atomic E-state index is 0.101. The molecule has 1 nitrogen and oxygen atoms in total. The number of nitrogens with zero attached hydrogens (tertiary/aromatic N) is 1. The largest absolute Gasteiger partial charge is 0.310 e. The van der Waals surface area contributed by atoms with Crippen molar-refractivity contribution >= 4 is 48.6 Å². The molecule has 2 heteroatoms. The number of hydrogen-bond donors (Lipinski definition) is 0. The molecular weight excluding hydrogens is 779 g/mol. The Morgan fingerprint density at radius 1 is 0.413 bits per heavy atom. The van der Waals surface area contributed by atoms with Gasteiger partial charge < -0.3 is 4.90 Å². The van der Waals surface area contributed by atoms with Gasteiger partial charge in [-0.05, 0) is 115 Å². The third-order valence-corrected chi connectivity index (χ3v) is 16.6. The summed E-state index contributed by atoms with van der Waals surface area (Å²) < 4.78 is 2.62. The van der Waals surface area contributed by atoms with Crippen LogP contribution in [-0.4, -0.2) is 0 Å². The van der Waals surface area contributed by atoms with Crippen LogP contribution in [0, 0.1) is 5.92 Å². The Kier molecular flexibility index (Phi) is 7.69. The number of benzene rings is 8. The summed E-state index contributed by atoms with van der Waals surface area (Å²) in [6.07, 6.45) is 9.48. The number of thiophene rings is 1. The van der Waals surface area contributed by atoms with Crippen molar-refractivity contribution in [1.82, 2.24) is 0 Å². The van der Waals surface area contributed by atoms with Crippen molar-refractivity contribution in [1.29, 1.82) is 0 Å². The summed E-state index contributed by atoms with van der Waals surface area (Å²) in [4.78, 5) is 2.46. The number of rotatable bonds is 4. The highest BCUT2D eigenvalue weighted by Crippen LogP contribution is 2.65. The fraction of sp³-hybridized carbons (Fsp3) is 0.148. The van der Waals surface area contributed by atoms with Crippen LogP contribution in [0.2, 0.25) is 0 Å². The molecule has 1 aromatic heterocycles. The number of fused-ring (bicyclic) bond motifs is 15. The van der Waals surface area contributed by atoms with Gasteiger partial charge in [0.1, 0.15) is 0 Å². The zero-order valence-electron chi connectivity index (χ0n) is 36.1. The fourth-order valence-electron chi connectivity index (χ4n) is 12.5. The Morgan fingerprint density at radius 3 is 1.76 bits per heavy atom. The van der Waals surface area contributed by atoms with Crippen LogP contribution < -0.4 is 4.90 Å². The van der Waals surface area contributed by atoms with E-state index in [0.29, 0.717) is 5.92 Å². The molecule has 0 saturated carbocycles. The molecule has 0 N–H and O–H groups in total. The highest BCUT2D eigenvalue weighted by molar-refractivity contribution is 7.25. The Hall–Kier alpha value is -6.74. The molecule has 1 spiro atoms. The summed E-state index contributed by atoms with van der Waals surface area (Å²) in [7, 11) is 0. The highest BCUT2D eigenvalue weighted by Gasteiger charge is 2.58. The first-order valence-corrected chi connectivity index (χ1v) is 23.3. The first kappa shape index (κ1) is 36.9. The Morgan fingerprint density at radius 2 is 0.984 bits per heavy atom. The van der Waals surface area contributed by atoms with Gasteiger partial charge in [-0.25, -0.2) is 0 Å². The van der Waals surface area contributed by atoms with Crippen LogP contribution in [0.25, 0.3) is 42.4 Å². The summed E-state index contributed by atoms with van der Waals surface area (Å²) in [6, 6.07) is 67.2. The van der Waals surface area contributed by atoms with Crippen molar-refractivity contribution in [2.24, 2.45) is 5.92 Å². The predicted molar refractivity (Wildman–Crippen MR) is 266 cm³/mol. The van der Waals surface area contributed by atoms with E-state index in [-0.39, 0.29) is 22.2 Å². The van der Waals surface area contributed by atoms with Gasteiger partial charge in [0.25, 0.3) is 0 Å². The van der Waals surface area contributed by atoms with Crippen molar-refractivity contribution in [3.63, 3.8) is 0 Å². The van der Waals surface area contributed by atoms with E-state index in [9.17, 15) is 0 Å². The fourth-order valence-corrected chi connectivity index (χ4v) is 13.6. The van der Waals surface area contributed by atoms with Crippen molar-refractivity contribution < 1.29 is 0 Å². The molecule has 1 heterocycles. The van der Waals surface area contributed by atoms with Gasteiger partial charge in [-0.3, -0.25) is 0 Å². The molecule has 9 aromatic rings. The molecule has 4 aliphatic rings. The molecule has 302 valence electrons. The van der Waals surface area contributed by atoms with Gasteiger partial charge in [-0.1, -0.05) is 179 Å². The first-order valence-electron chi connectivity index (χ1n) is 22.5. The molecule has 2 atom stereocenters. The van der Waals surface area contributed by atoms with Gasteiger partial charge in [0, 0.05) is 59.9 Å². The van der Waals surface area contributed by atoms with Crippen molar-refractivity contribution in [3.05, 3.63) is 245 Å². The summed E-state index contributed by atoms with van der Waals surface area (Å²) in [5.41, 5.74) is 19.5. The van der Waals surface area contributed by atoms with E-state index in [1.54, 1.807) is 0 Å². The normalized spacial score (nSPS) is 18.7. The molecule has 4 aliphatic carbocycles. The van der Waals surface area contributed by atoms with E-state index in [1.807, 2.05) is 11.3 Å². The maximum absolute atomic E-state index is 2.55. The lowest BCUT2D eigenvalue weighted by Gasteiger charge is -2.49. The Balaban J connectivity index is 0.964. The van der Waals surface area contributed by atoms with Gasteiger partial charge in [0.2, 0.25) is 0 Å². The van der Waals surface area contributed by atoms with Crippen LogP contribution in [0.5, 0.6) is 0 Å². The van der Waals surface area contributed by atoms with Gasteiger partial charge in [-0.15, -0.1) is 11.3 Å². The van der Waals surface area contributed by atoms with E-state index in [2.05, 4.69) is 233 Å². The van der Waals surface area contributed by atoms with Gasteiger partial charge >= 0.3 is 0 Å². The van der Waals surface area contributed by atoms with Crippen LogP contribution in [0.15, 0.2) is 200 Å². The smallest absolute Gasteiger partial charge is 0.0531 e. The standard InChI is InChI=1S/C61H47NS/c1-59(2)49-18-8-5-15-43(49)45-33-30-41(36-55(45)59)62(42-31-34-48-47-17-7-14-24-57(47)63-58(48)37-42)40-28-25-38(26-29-40)39-27-32-46-44-16-6-9-19-50(44)61(56(46)35-39)53-22-12-10-20-51(53)60(3,4)52-21-11-13-23-54(52)61/h5-37,44,50H,1-4H3. The van der Waals surface area contributed by atoms with Crippen molar-refractivity contribution in [2.75, 3.05) is 4.90 Å². The molecule has 0 radical (unpaired) electrons. The summed E-state index contributed by atoms with van der Waals surface area (Å²) in [6.45, 7) is 9.56. The zero-order valence-corrected chi connectivity index (χ0v) is 36.9. The molecule has 0 amide bonds. The van der Waals surface area contributed by atoms with Crippen molar-refractivity contribution in [3.8, 4) is 22.3 Å². The maximum Gasteiger partial charge on any atom is 0.0531 e. The number of allylic oxidation sites excluding steroid dienone is 4. The molecule has 0 aliphatic heterocycles. The lowest BCUT2D eigenvalue weighted by Crippen LogP contribution is -2.44. The number of hydrogen-bond acceptors (Lipinski definition) is 2. The molecule has 0 fully saturated rings. The second-order valence-corrected chi connectivity index (χ2v) is 20.3. The van der Waals surface area contributed by atoms with Crippen LogP contribution in [0.3, 0.4) is 0 Å². The second-order valence-electron chi connectivity index (χ2n) is 19.2. The minimum atomic E-state index is -0.303. The van der Waals surface area contributed by atoms with E-state index in [4.69, 9.17) is 0 Å². The van der Waals surface area contributed by atoms with Crippen LogP contribution in [0.4, 0.5) is 17.1 Å². The molecule has 13 rings (SSSR count). The lowest BCUT2D eigenvalue weighted by atomic mass is 9.53. The molecular formula is C61H47NS. The third-order valence-electron chi connectivity index (χ3n) is 15.4. The quantitative estimate of drug-likeness (QED) is 0.171. The van der Waals surface area contributed by atoms with Crippen LogP contribution >= 0.6 is 11.3 Å². The SMILES string of the molecule is CC1(C)c2ccccc2-c2ccc(N(c3ccc(-c4ccc5c(c4)C4(c6ccccc6C(C)(C)c6ccccc64)C4C=CC=CC54)cc3)c3ccc4c(c3)sc3ccccc34)cc21. The Bertz CT molecular complexity index is 3380. The van der Waals surface area contributed by atoms with Crippen molar-refractivity contribution in [2.45, 2.75) is 49.9 Å². The van der Waals surface area contributed by atoms with Gasteiger partial charge in [0.05, 0.1) is 5.41 Å². The van der Waals surface area contributed by atoms with Crippen LogP contribution in [0.1, 0.15) is 78.1 Å².